The Hall–Kier alpha value is -3.26. The van der Waals surface area contributed by atoms with Crippen LogP contribution in [-0.2, 0) is 7.05 Å². The molecule has 0 bridgehead atoms. The summed E-state index contributed by atoms with van der Waals surface area (Å²) >= 11 is 0. The number of hydrogen-bond acceptors (Lipinski definition) is 6. The van der Waals surface area contributed by atoms with Crippen LogP contribution in [0.2, 0.25) is 0 Å². The molecule has 0 atom stereocenters. The number of H-pyrrole nitrogens is 1. The van der Waals surface area contributed by atoms with Crippen molar-refractivity contribution in [1.82, 2.24) is 29.9 Å². The molecule has 1 saturated carbocycles. The number of aromatic nitrogens is 6. The smallest absolute Gasteiger partial charge is 0.126 e. The van der Waals surface area contributed by atoms with Crippen molar-refractivity contribution in [2.45, 2.75) is 37.8 Å². The van der Waals surface area contributed by atoms with E-state index in [1.165, 1.54) is 0 Å². The predicted molar refractivity (Wildman–Crippen MR) is 113 cm³/mol. The molecule has 8 nitrogen and oxygen atoms in total. The van der Waals surface area contributed by atoms with Crippen molar-refractivity contribution in [1.29, 1.82) is 0 Å². The van der Waals surface area contributed by atoms with E-state index in [0.717, 1.165) is 65.0 Å². The summed E-state index contributed by atoms with van der Waals surface area (Å²) in [5.74, 6) is 0.876. The number of aryl methyl sites for hydroxylation is 1. The fourth-order valence-corrected chi connectivity index (χ4v) is 3.94. The Labute approximate surface area is 168 Å². The third-order valence-electron chi connectivity index (χ3n) is 5.56. The van der Waals surface area contributed by atoms with Gasteiger partial charge in [0.15, 0.2) is 0 Å². The fourth-order valence-electron chi connectivity index (χ4n) is 3.94. The van der Waals surface area contributed by atoms with Gasteiger partial charge in [-0.15, -0.1) is 0 Å². The summed E-state index contributed by atoms with van der Waals surface area (Å²) in [5.41, 5.74) is 10.4. The van der Waals surface area contributed by atoms with Gasteiger partial charge >= 0.3 is 0 Å². The maximum atomic E-state index is 6.02. The van der Waals surface area contributed by atoms with Gasteiger partial charge in [0.25, 0.3) is 0 Å². The van der Waals surface area contributed by atoms with E-state index >= 15 is 0 Å². The second-order valence-electron chi connectivity index (χ2n) is 7.75. The van der Waals surface area contributed by atoms with Crippen LogP contribution < -0.4 is 11.1 Å². The molecule has 4 N–H and O–H groups in total. The summed E-state index contributed by atoms with van der Waals surface area (Å²) < 4.78 is 1.77. The average Bonchev–Trinajstić information content (AvgIpc) is 3.36. The van der Waals surface area contributed by atoms with Crippen LogP contribution in [0.25, 0.3) is 33.5 Å². The second-order valence-corrected chi connectivity index (χ2v) is 7.75. The monoisotopic (exact) mass is 388 g/mol. The molecule has 4 aromatic rings. The Morgan fingerprint density at radius 3 is 2.79 bits per heavy atom. The zero-order valence-electron chi connectivity index (χ0n) is 16.3. The quantitative estimate of drug-likeness (QED) is 0.495. The van der Waals surface area contributed by atoms with Crippen LogP contribution in [-0.4, -0.2) is 42.0 Å². The van der Waals surface area contributed by atoms with Crippen molar-refractivity contribution in [3.8, 4) is 22.6 Å². The van der Waals surface area contributed by atoms with Gasteiger partial charge < -0.3 is 11.1 Å². The molecule has 5 rings (SSSR count). The lowest BCUT2D eigenvalue weighted by Crippen LogP contribution is -2.33. The van der Waals surface area contributed by atoms with Crippen LogP contribution in [0.15, 0.2) is 42.9 Å². The van der Waals surface area contributed by atoms with E-state index in [1.54, 1.807) is 4.68 Å². The maximum absolute atomic E-state index is 6.02. The van der Waals surface area contributed by atoms with Crippen molar-refractivity contribution in [3.63, 3.8) is 0 Å². The molecular weight excluding hydrogens is 364 g/mol. The summed E-state index contributed by atoms with van der Waals surface area (Å²) in [6.07, 6.45) is 9.86. The van der Waals surface area contributed by atoms with E-state index in [2.05, 4.69) is 25.6 Å². The number of anilines is 1. The molecule has 1 aliphatic rings. The number of nitrogens with two attached hydrogens (primary N) is 1. The lowest BCUT2D eigenvalue weighted by molar-refractivity contribution is 0.410. The lowest BCUT2D eigenvalue weighted by Gasteiger charge is -2.27. The highest BCUT2D eigenvalue weighted by Crippen LogP contribution is 2.29. The van der Waals surface area contributed by atoms with E-state index in [-0.39, 0.29) is 0 Å². The molecule has 4 heterocycles. The van der Waals surface area contributed by atoms with E-state index in [1.807, 2.05) is 49.9 Å². The number of aromatic amines is 1. The molecule has 0 radical (unpaired) electrons. The molecule has 148 valence electrons. The highest BCUT2D eigenvalue weighted by atomic mass is 15.2. The summed E-state index contributed by atoms with van der Waals surface area (Å²) in [5, 5.41) is 16.4. The van der Waals surface area contributed by atoms with Gasteiger partial charge in [0, 0.05) is 36.3 Å². The van der Waals surface area contributed by atoms with Gasteiger partial charge in [-0.3, -0.25) is 14.8 Å². The summed E-state index contributed by atoms with van der Waals surface area (Å²) in [7, 11) is 1.90. The summed E-state index contributed by atoms with van der Waals surface area (Å²) in [6, 6.07) is 8.82. The summed E-state index contributed by atoms with van der Waals surface area (Å²) in [4.78, 5) is 9.35. The Morgan fingerprint density at radius 2 is 2.00 bits per heavy atom. The van der Waals surface area contributed by atoms with Crippen LogP contribution in [0.3, 0.4) is 0 Å². The number of pyridine rings is 2. The molecule has 0 saturated heterocycles. The predicted octanol–water partition coefficient (Wildman–Crippen LogP) is 3.10. The van der Waals surface area contributed by atoms with Gasteiger partial charge in [-0.1, -0.05) is 6.07 Å². The Balaban J connectivity index is 1.46. The number of fused-ring (bicyclic) bond motifs is 1. The minimum atomic E-state index is 0.338. The molecule has 0 spiro atoms. The number of hydrogen-bond donors (Lipinski definition) is 3. The largest absolute Gasteiger partial charge is 0.367 e. The highest BCUT2D eigenvalue weighted by molar-refractivity contribution is 5.93. The van der Waals surface area contributed by atoms with Crippen molar-refractivity contribution in [2.24, 2.45) is 12.8 Å². The molecular formula is C21H24N8. The molecule has 1 fully saturated rings. The second kappa shape index (κ2) is 7.29. The molecule has 4 aromatic heterocycles. The summed E-state index contributed by atoms with van der Waals surface area (Å²) in [6.45, 7) is 0. The third-order valence-corrected chi connectivity index (χ3v) is 5.56. The van der Waals surface area contributed by atoms with Gasteiger partial charge in [-0.25, -0.2) is 4.98 Å². The van der Waals surface area contributed by atoms with E-state index in [9.17, 15) is 0 Å². The van der Waals surface area contributed by atoms with E-state index in [0.29, 0.717) is 12.1 Å². The van der Waals surface area contributed by atoms with Crippen LogP contribution in [0.4, 0.5) is 5.82 Å². The van der Waals surface area contributed by atoms with Gasteiger partial charge in [0.1, 0.15) is 11.5 Å². The normalized spacial score (nSPS) is 19.5. The first-order valence-electron chi connectivity index (χ1n) is 9.98. The fraction of sp³-hybridized carbons (Fsp3) is 0.333. The van der Waals surface area contributed by atoms with E-state index in [4.69, 9.17) is 10.7 Å². The van der Waals surface area contributed by atoms with Crippen LogP contribution in [0.1, 0.15) is 25.7 Å². The first-order chi connectivity index (χ1) is 14.2. The minimum absolute atomic E-state index is 0.338. The molecule has 1 aliphatic carbocycles. The van der Waals surface area contributed by atoms with E-state index < -0.39 is 0 Å². The van der Waals surface area contributed by atoms with Gasteiger partial charge in [-0.05, 0) is 43.9 Å². The molecule has 29 heavy (non-hydrogen) atoms. The standard InChI is InChI=1S/C21H24N8/c1-29-12-13(10-24-29)18-9-16-19(11-23-18)27-28-21(16)17-3-2-4-20(26-17)25-15-7-5-14(22)6-8-15/h2-4,9-12,14-15H,5-8,22H2,1H3,(H,25,26)(H,27,28)/t14-,15-. The molecule has 0 aromatic carbocycles. The lowest BCUT2D eigenvalue weighted by atomic mass is 9.92. The van der Waals surface area contributed by atoms with Crippen LogP contribution in [0.5, 0.6) is 0 Å². The molecule has 0 unspecified atom stereocenters. The zero-order chi connectivity index (χ0) is 19.8. The number of rotatable bonds is 4. The first-order valence-corrected chi connectivity index (χ1v) is 9.98. The zero-order valence-corrected chi connectivity index (χ0v) is 16.3. The van der Waals surface area contributed by atoms with Crippen molar-refractivity contribution < 1.29 is 0 Å². The van der Waals surface area contributed by atoms with Gasteiger partial charge in [0.2, 0.25) is 0 Å². The number of nitrogens with zero attached hydrogens (tertiary/aromatic N) is 5. The maximum Gasteiger partial charge on any atom is 0.126 e. The van der Waals surface area contributed by atoms with Crippen LogP contribution >= 0.6 is 0 Å². The topological polar surface area (TPSA) is 110 Å². The Morgan fingerprint density at radius 1 is 1.14 bits per heavy atom. The molecule has 0 aliphatic heterocycles. The van der Waals surface area contributed by atoms with Gasteiger partial charge in [0.05, 0.1) is 29.3 Å². The van der Waals surface area contributed by atoms with Crippen molar-refractivity contribution in [2.75, 3.05) is 5.32 Å². The average molecular weight is 388 g/mol. The van der Waals surface area contributed by atoms with Crippen molar-refractivity contribution >= 4 is 16.7 Å². The Kier molecular flexibility index (Phi) is 4.48. The van der Waals surface area contributed by atoms with Crippen molar-refractivity contribution in [3.05, 3.63) is 42.9 Å². The highest BCUT2D eigenvalue weighted by Gasteiger charge is 2.19. The molecule has 8 heteroatoms. The van der Waals surface area contributed by atoms with Crippen LogP contribution in [0, 0.1) is 0 Å². The minimum Gasteiger partial charge on any atom is -0.367 e. The first kappa shape index (κ1) is 17.8. The van der Waals surface area contributed by atoms with Gasteiger partial charge in [-0.2, -0.15) is 10.2 Å². The SMILES string of the molecule is Cn1cc(-c2cc3c(-c4cccc(N[C@H]5CC[C@H](N)CC5)n4)n[nH]c3cn2)cn1. The third kappa shape index (κ3) is 3.58. The molecule has 0 amide bonds. The number of nitrogens with one attached hydrogen (secondary N) is 2. The Bertz CT molecular complexity index is 1140.